The quantitative estimate of drug-likeness (QED) is 0.230. The van der Waals surface area contributed by atoms with Gasteiger partial charge < -0.3 is 4.90 Å². The summed E-state index contributed by atoms with van der Waals surface area (Å²) in [6.45, 7) is 2.06. The molecule has 0 bridgehead atoms. The minimum atomic E-state index is 0.625. The van der Waals surface area contributed by atoms with Crippen LogP contribution in [0.4, 0.5) is 17.1 Å². The van der Waals surface area contributed by atoms with E-state index in [0.29, 0.717) is 17.5 Å². The fourth-order valence-corrected chi connectivity index (χ4v) is 5.65. The second-order valence-electron chi connectivity index (χ2n) is 10.1. The van der Waals surface area contributed by atoms with Crippen molar-refractivity contribution in [2.45, 2.75) is 6.92 Å². The highest BCUT2D eigenvalue weighted by molar-refractivity contribution is 6.02. The molecule has 0 saturated carbocycles. The minimum absolute atomic E-state index is 0.625. The maximum atomic E-state index is 4.98. The topological polar surface area (TPSA) is 59.7 Å². The third-order valence-electron chi connectivity index (χ3n) is 7.49. The summed E-state index contributed by atoms with van der Waals surface area (Å²) in [5, 5.41) is 0. The number of fused-ring (bicyclic) bond motifs is 2. The van der Waals surface area contributed by atoms with Crippen LogP contribution in [0, 0.1) is 6.92 Å². The van der Waals surface area contributed by atoms with Gasteiger partial charge in [0.2, 0.25) is 0 Å². The van der Waals surface area contributed by atoms with Crippen molar-refractivity contribution in [1.29, 1.82) is 0 Å². The first-order valence-corrected chi connectivity index (χ1v) is 13.6. The predicted octanol–water partition coefficient (Wildman–Crippen LogP) is 8.30. The lowest BCUT2D eigenvalue weighted by Crippen LogP contribution is -2.18. The van der Waals surface area contributed by atoms with Crippen LogP contribution in [0.15, 0.2) is 127 Å². The van der Waals surface area contributed by atoms with Crippen LogP contribution in [-0.4, -0.2) is 24.5 Å². The predicted molar refractivity (Wildman–Crippen MR) is 164 cm³/mol. The van der Waals surface area contributed by atoms with Crippen molar-refractivity contribution >= 4 is 28.1 Å². The van der Waals surface area contributed by atoms with E-state index in [1.165, 1.54) is 0 Å². The maximum Gasteiger partial charge on any atom is 0.164 e. The van der Waals surface area contributed by atoms with Crippen molar-refractivity contribution in [2.75, 3.05) is 4.90 Å². The Kier molecular flexibility index (Phi) is 5.25. The van der Waals surface area contributed by atoms with Gasteiger partial charge in [0.15, 0.2) is 17.5 Å². The number of aryl methyl sites for hydroxylation is 1. The fourth-order valence-electron chi connectivity index (χ4n) is 5.65. The number of anilines is 3. The molecule has 5 aromatic carbocycles. The molecule has 0 spiro atoms. The summed E-state index contributed by atoms with van der Waals surface area (Å²) >= 11 is 0. The van der Waals surface area contributed by atoms with E-state index in [2.05, 4.69) is 77.1 Å². The first kappa shape index (κ1) is 23.3. The molecule has 2 aromatic heterocycles. The van der Waals surface area contributed by atoms with Crippen molar-refractivity contribution in [3.8, 4) is 39.9 Å². The Bertz CT molecular complexity index is 1990. The smallest absolute Gasteiger partial charge is 0.164 e. The van der Waals surface area contributed by atoms with E-state index in [9.17, 15) is 0 Å². The van der Waals surface area contributed by atoms with Gasteiger partial charge in [-0.25, -0.2) is 19.9 Å². The average molecular weight is 529 g/mol. The Morgan fingerprint density at radius 2 is 1.05 bits per heavy atom. The van der Waals surface area contributed by atoms with Crippen molar-refractivity contribution in [3.05, 3.63) is 133 Å². The lowest BCUT2D eigenvalue weighted by Gasteiger charge is -2.33. The normalized spacial score (nSPS) is 12.0. The molecule has 0 aliphatic carbocycles. The maximum absolute atomic E-state index is 4.98. The highest BCUT2D eigenvalue weighted by Crippen LogP contribution is 2.47. The fraction of sp³-hybridized carbons (Fsp3) is 0.0286. The van der Waals surface area contributed by atoms with Crippen LogP contribution in [0.1, 0.15) is 5.82 Å². The van der Waals surface area contributed by atoms with E-state index in [-0.39, 0.29) is 0 Å². The molecule has 0 radical (unpaired) electrons. The summed E-state index contributed by atoms with van der Waals surface area (Å²) in [6.07, 6.45) is 0. The Hall–Kier alpha value is -5.62. The number of imidazole rings is 1. The van der Waals surface area contributed by atoms with Gasteiger partial charge in [0.1, 0.15) is 5.82 Å². The van der Waals surface area contributed by atoms with Crippen LogP contribution in [0.25, 0.3) is 50.9 Å². The summed E-state index contributed by atoms with van der Waals surface area (Å²) < 4.78 is 2.25. The highest BCUT2D eigenvalue weighted by atomic mass is 15.2. The van der Waals surface area contributed by atoms with E-state index < -0.39 is 0 Å². The molecule has 0 saturated heterocycles. The first-order valence-electron chi connectivity index (χ1n) is 13.6. The summed E-state index contributed by atoms with van der Waals surface area (Å²) in [5.74, 6) is 2.86. The van der Waals surface area contributed by atoms with Gasteiger partial charge in [-0.05, 0) is 49.4 Å². The molecular formula is C35H24N6. The molecule has 0 atom stereocenters. The van der Waals surface area contributed by atoms with E-state index in [4.69, 9.17) is 19.9 Å². The van der Waals surface area contributed by atoms with Crippen molar-refractivity contribution < 1.29 is 0 Å². The van der Waals surface area contributed by atoms with Crippen LogP contribution in [0.2, 0.25) is 0 Å². The van der Waals surface area contributed by atoms with Gasteiger partial charge >= 0.3 is 0 Å². The van der Waals surface area contributed by atoms with Gasteiger partial charge in [-0.15, -0.1) is 0 Å². The van der Waals surface area contributed by atoms with Gasteiger partial charge in [-0.3, -0.25) is 4.57 Å². The monoisotopic (exact) mass is 528 g/mol. The molecule has 3 heterocycles. The second-order valence-corrected chi connectivity index (χ2v) is 10.1. The van der Waals surface area contributed by atoms with Crippen molar-refractivity contribution in [2.24, 2.45) is 0 Å². The molecular weight excluding hydrogens is 504 g/mol. The molecule has 0 N–H and O–H groups in total. The Labute approximate surface area is 237 Å². The Morgan fingerprint density at radius 3 is 1.68 bits per heavy atom. The third kappa shape index (κ3) is 3.80. The Balaban J connectivity index is 1.37. The zero-order valence-corrected chi connectivity index (χ0v) is 22.3. The number of rotatable bonds is 4. The molecule has 7 aromatic rings. The van der Waals surface area contributed by atoms with Crippen molar-refractivity contribution in [3.63, 3.8) is 0 Å². The van der Waals surface area contributed by atoms with Crippen LogP contribution < -0.4 is 4.90 Å². The SMILES string of the molecule is Cc1nc2cccc3c2n1-c1ccc(-c2nc(-c4ccccc4)nc(-c4ccccc4)n2)cc1N3c1ccccc1. The van der Waals surface area contributed by atoms with Crippen LogP contribution in [0.5, 0.6) is 0 Å². The van der Waals surface area contributed by atoms with Gasteiger partial charge in [-0.1, -0.05) is 84.9 Å². The summed E-state index contributed by atoms with van der Waals surface area (Å²) in [4.78, 5) is 22.0. The van der Waals surface area contributed by atoms with Crippen LogP contribution >= 0.6 is 0 Å². The number of hydrogen-bond acceptors (Lipinski definition) is 5. The molecule has 6 heteroatoms. The van der Waals surface area contributed by atoms with Crippen LogP contribution in [0.3, 0.4) is 0 Å². The van der Waals surface area contributed by atoms with Gasteiger partial charge in [0.05, 0.1) is 28.1 Å². The van der Waals surface area contributed by atoms with E-state index >= 15 is 0 Å². The third-order valence-corrected chi connectivity index (χ3v) is 7.49. The molecule has 194 valence electrons. The molecule has 0 fully saturated rings. The number of nitrogens with zero attached hydrogens (tertiary/aromatic N) is 6. The lowest BCUT2D eigenvalue weighted by molar-refractivity contribution is 0.981. The minimum Gasteiger partial charge on any atom is -0.306 e. The first-order chi connectivity index (χ1) is 20.2. The van der Waals surface area contributed by atoms with E-state index in [1.54, 1.807) is 0 Å². The number of benzene rings is 5. The van der Waals surface area contributed by atoms with E-state index in [0.717, 1.165) is 56.3 Å². The summed E-state index contributed by atoms with van der Waals surface area (Å²) in [5.41, 5.74) is 9.16. The van der Waals surface area contributed by atoms with Crippen LogP contribution in [-0.2, 0) is 0 Å². The molecule has 1 aliphatic rings. The zero-order chi connectivity index (χ0) is 27.3. The molecule has 41 heavy (non-hydrogen) atoms. The molecule has 6 nitrogen and oxygen atoms in total. The molecule has 8 rings (SSSR count). The van der Waals surface area contributed by atoms with Crippen molar-refractivity contribution in [1.82, 2.24) is 24.5 Å². The summed E-state index contributed by atoms with van der Waals surface area (Å²) in [7, 11) is 0. The van der Waals surface area contributed by atoms with E-state index in [1.807, 2.05) is 66.7 Å². The second kappa shape index (κ2) is 9.24. The summed E-state index contributed by atoms with van der Waals surface area (Å²) in [6, 6.07) is 43.3. The lowest BCUT2D eigenvalue weighted by atomic mass is 10.1. The van der Waals surface area contributed by atoms with Gasteiger partial charge in [0.25, 0.3) is 0 Å². The number of para-hydroxylation sites is 2. The molecule has 0 amide bonds. The zero-order valence-electron chi connectivity index (χ0n) is 22.3. The largest absolute Gasteiger partial charge is 0.306 e. The van der Waals surface area contributed by atoms with Gasteiger partial charge in [-0.2, -0.15) is 0 Å². The highest BCUT2D eigenvalue weighted by Gasteiger charge is 2.28. The molecule has 1 aliphatic heterocycles. The number of hydrogen-bond donors (Lipinski definition) is 0. The van der Waals surface area contributed by atoms with Gasteiger partial charge in [0, 0.05) is 22.4 Å². The average Bonchev–Trinajstić information content (AvgIpc) is 3.39. The Morgan fingerprint density at radius 1 is 0.463 bits per heavy atom. The molecule has 0 unspecified atom stereocenters. The number of aromatic nitrogens is 5. The standard InChI is InChI=1S/C35H24N6/c1-23-36-28-18-11-19-30-32(28)40(23)29-21-20-26(22-31(29)41(30)27-16-9-4-10-17-27)35-38-33(24-12-5-2-6-13-24)37-34(39-35)25-14-7-3-8-15-25/h2-22H,1H3.